The van der Waals surface area contributed by atoms with Gasteiger partial charge in [0.15, 0.2) is 0 Å². The highest BCUT2D eigenvalue weighted by Crippen LogP contribution is 1.75. The van der Waals surface area contributed by atoms with E-state index in [1.165, 1.54) is 0 Å². The van der Waals surface area contributed by atoms with Gasteiger partial charge < -0.3 is 0 Å². The molecule has 0 saturated carbocycles. The van der Waals surface area contributed by atoms with Gasteiger partial charge in [-0.25, -0.2) is 0 Å². The predicted octanol–water partition coefficient (Wildman–Crippen LogP) is 7.89. The Bertz CT molecular complexity index is 156. The molecule has 0 bridgehead atoms. The van der Waals surface area contributed by atoms with Gasteiger partial charge in [0.2, 0.25) is 0 Å². The van der Waals surface area contributed by atoms with Gasteiger partial charge in [-0.1, -0.05) is 76.3 Å². The SMILES string of the molecule is C/C=C\CC.C/C=C\CC.C/C=C\CC.C/C=C\CC. The molecule has 0 heterocycles. The molecular formula is C20H40. The van der Waals surface area contributed by atoms with Gasteiger partial charge in [0, 0.05) is 0 Å². The first-order valence-corrected chi connectivity index (χ1v) is 8.10. The molecule has 0 N–H and O–H groups in total. The van der Waals surface area contributed by atoms with Crippen molar-refractivity contribution < 1.29 is 0 Å². The zero-order chi connectivity index (χ0) is 16.5. The molecule has 0 heteroatoms. The lowest BCUT2D eigenvalue weighted by atomic mass is 10.4. The fraction of sp³-hybridized carbons (Fsp3) is 0.600. The van der Waals surface area contributed by atoms with Crippen LogP contribution in [0, 0.1) is 0 Å². The quantitative estimate of drug-likeness (QED) is 0.459. The normalized spacial score (nSPS) is 10.0. The Morgan fingerprint density at radius 2 is 0.550 bits per heavy atom. The largest absolute Gasteiger partial charge is 0.0917 e. The molecule has 0 aromatic carbocycles. The van der Waals surface area contributed by atoms with Gasteiger partial charge in [-0.2, -0.15) is 0 Å². The summed E-state index contributed by atoms with van der Waals surface area (Å²) in [6, 6.07) is 0. The van der Waals surface area contributed by atoms with E-state index in [0.717, 1.165) is 25.7 Å². The van der Waals surface area contributed by atoms with Crippen LogP contribution < -0.4 is 0 Å². The van der Waals surface area contributed by atoms with Crippen LogP contribution in [-0.2, 0) is 0 Å². The predicted molar refractivity (Wildman–Crippen MR) is 100 cm³/mol. The first kappa shape index (κ1) is 27.3. The number of hydrogen-bond acceptors (Lipinski definition) is 0. The van der Waals surface area contributed by atoms with Crippen LogP contribution in [0.25, 0.3) is 0 Å². The number of rotatable bonds is 4. The molecule has 120 valence electrons. The molecule has 0 aliphatic carbocycles. The van der Waals surface area contributed by atoms with Crippen LogP contribution in [0.1, 0.15) is 81.1 Å². The highest BCUT2D eigenvalue weighted by Gasteiger charge is 1.53. The van der Waals surface area contributed by atoms with Crippen LogP contribution in [0.3, 0.4) is 0 Å². The van der Waals surface area contributed by atoms with E-state index in [4.69, 9.17) is 0 Å². The Hall–Kier alpha value is -1.04. The van der Waals surface area contributed by atoms with Gasteiger partial charge in [0.1, 0.15) is 0 Å². The minimum atomic E-state index is 1.16. The van der Waals surface area contributed by atoms with Crippen molar-refractivity contribution in [2.24, 2.45) is 0 Å². The molecule has 0 spiro atoms. The third-order valence-electron chi connectivity index (χ3n) is 1.89. The first-order valence-electron chi connectivity index (χ1n) is 8.10. The van der Waals surface area contributed by atoms with Crippen molar-refractivity contribution in [3.8, 4) is 0 Å². The van der Waals surface area contributed by atoms with Gasteiger partial charge in [0.05, 0.1) is 0 Å². The third kappa shape index (κ3) is 89.2. The van der Waals surface area contributed by atoms with Crippen LogP contribution in [-0.4, -0.2) is 0 Å². The average Bonchev–Trinajstić information content (AvgIpc) is 2.44. The molecule has 0 atom stereocenters. The Morgan fingerprint density at radius 1 is 0.400 bits per heavy atom. The summed E-state index contributed by atoms with van der Waals surface area (Å²) in [5.74, 6) is 0. The summed E-state index contributed by atoms with van der Waals surface area (Å²) in [5.41, 5.74) is 0. The topological polar surface area (TPSA) is 0 Å². The van der Waals surface area contributed by atoms with Crippen molar-refractivity contribution in [1.82, 2.24) is 0 Å². The monoisotopic (exact) mass is 280 g/mol. The number of allylic oxidation sites excluding steroid dienone is 8. The Kier molecular flexibility index (Phi) is 58.8. The minimum absolute atomic E-state index is 1.16. The smallest absolute Gasteiger partial charge is 0.0379 e. The van der Waals surface area contributed by atoms with Gasteiger partial charge in [-0.05, 0) is 53.4 Å². The fourth-order valence-corrected chi connectivity index (χ4v) is 0.943. The van der Waals surface area contributed by atoms with Gasteiger partial charge in [-0.15, -0.1) is 0 Å². The molecular weight excluding hydrogens is 240 g/mol. The van der Waals surface area contributed by atoms with E-state index in [2.05, 4.69) is 76.3 Å². The minimum Gasteiger partial charge on any atom is -0.0917 e. The van der Waals surface area contributed by atoms with E-state index in [1.54, 1.807) is 0 Å². The second-order valence-corrected chi connectivity index (χ2v) is 3.91. The Labute approximate surface area is 130 Å². The molecule has 0 rings (SSSR count). The summed E-state index contributed by atoms with van der Waals surface area (Å²) in [4.78, 5) is 0. The number of hydrogen-bond donors (Lipinski definition) is 0. The van der Waals surface area contributed by atoms with E-state index in [9.17, 15) is 0 Å². The second-order valence-electron chi connectivity index (χ2n) is 3.91. The average molecular weight is 281 g/mol. The van der Waals surface area contributed by atoms with Crippen molar-refractivity contribution in [3.63, 3.8) is 0 Å². The van der Waals surface area contributed by atoms with E-state index < -0.39 is 0 Å². The van der Waals surface area contributed by atoms with Crippen molar-refractivity contribution in [1.29, 1.82) is 0 Å². The molecule has 20 heavy (non-hydrogen) atoms. The molecule has 0 aliphatic heterocycles. The lowest BCUT2D eigenvalue weighted by Crippen LogP contribution is -1.43. The Balaban J connectivity index is -0.0000000853. The zero-order valence-corrected chi connectivity index (χ0v) is 15.4. The fourth-order valence-electron chi connectivity index (χ4n) is 0.943. The van der Waals surface area contributed by atoms with Crippen LogP contribution >= 0.6 is 0 Å². The molecule has 0 fully saturated rings. The molecule has 0 aromatic heterocycles. The van der Waals surface area contributed by atoms with E-state index in [1.807, 2.05) is 27.7 Å². The summed E-state index contributed by atoms with van der Waals surface area (Å²) in [6.45, 7) is 16.6. The summed E-state index contributed by atoms with van der Waals surface area (Å²) in [6.07, 6.45) is 21.4. The van der Waals surface area contributed by atoms with Gasteiger partial charge in [0.25, 0.3) is 0 Å². The van der Waals surface area contributed by atoms with E-state index in [-0.39, 0.29) is 0 Å². The van der Waals surface area contributed by atoms with Gasteiger partial charge in [-0.3, -0.25) is 0 Å². The summed E-state index contributed by atoms with van der Waals surface area (Å²) >= 11 is 0. The molecule has 0 nitrogen and oxygen atoms in total. The van der Waals surface area contributed by atoms with Gasteiger partial charge >= 0.3 is 0 Å². The molecule has 0 radical (unpaired) electrons. The zero-order valence-electron chi connectivity index (χ0n) is 15.4. The van der Waals surface area contributed by atoms with Crippen molar-refractivity contribution in [3.05, 3.63) is 48.6 Å². The van der Waals surface area contributed by atoms with Crippen LogP contribution in [0.2, 0.25) is 0 Å². The highest BCUT2D eigenvalue weighted by molar-refractivity contribution is 4.74. The summed E-state index contributed by atoms with van der Waals surface area (Å²) < 4.78 is 0. The van der Waals surface area contributed by atoms with Crippen LogP contribution in [0.15, 0.2) is 48.6 Å². The van der Waals surface area contributed by atoms with Crippen molar-refractivity contribution in [2.75, 3.05) is 0 Å². The summed E-state index contributed by atoms with van der Waals surface area (Å²) in [5, 5.41) is 0. The maximum atomic E-state index is 2.12. The maximum absolute atomic E-state index is 2.12. The maximum Gasteiger partial charge on any atom is -0.0379 e. The van der Waals surface area contributed by atoms with E-state index in [0.29, 0.717) is 0 Å². The van der Waals surface area contributed by atoms with Crippen molar-refractivity contribution in [2.45, 2.75) is 81.1 Å². The highest BCUT2D eigenvalue weighted by atomic mass is 13.6. The van der Waals surface area contributed by atoms with Crippen LogP contribution in [0.4, 0.5) is 0 Å². The lowest BCUT2D eigenvalue weighted by molar-refractivity contribution is 1.22. The lowest BCUT2D eigenvalue weighted by Gasteiger charge is -1.65. The molecule has 0 unspecified atom stereocenters. The standard InChI is InChI=1S/4C5H10/c4*1-3-5-4-2/h4*3,5H,4H2,1-2H3/b4*5-3-. The first-order chi connectivity index (χ1) is 9.66. The second kappa shape index (κ2) is 43.0. The third-order valence-corrected chi connectivity index (χ3v) is 1.89. The molecule has 0 aromatic rings. The molecule has 0 aliphatic rings. The van der Waals surface area contributed by atoms with Crippen LogP contribution in [0.5, 0.6) is 0 Å². The molecule has 0 saturated heterocycles. The Morgan fingerprint density at radius 3 is 0.550 bits per heavy atom. The molecule has 0 amide bonds. The van der Waals surface area contributed by atoms with E-state index >= 15 is 0 Å². The van der Waals surface area contributed by atoms with Crippen molar-refractivity contribution >= 4 is 0 Å². The summed E-state index contributed by atoms with van der Waals surface area (Å²) in [7, 11) is 0.